The van der Waals surface area contributed by atoms with Crippen LogP contribution >= 0.6 is 35.0 Å². The molecule has 21 heavy (non-hydrogen) atoms. The number of rotatable bonds is 3. The number of benzene rings is 2. The van der Waals surface area contributed by atoms with Crippen molar-refractivity contribution in [3.63, 3.8) is 0 Å². The predicted octanol–water partition coefficient (Wildman–Crippen LogP) is 5.46. The Morgan fingerprint density at radius 3 is 2.71 bits per heavy atom. The second-order valence-electron chi connectivity index (χ2n) is 4.95. The van der Waals surface area contributed by atoms with Crippen LogP contribution in [0.3, 0.4) is 0 Å². The highest BCUT2D eigenvalue weighted by Gasteiger charge is 2.21. The van der Waals surface area contributed by atoms with Gasteiger partial charge in [-0.2, -0.15) is 0 Å². The van der Waals surface area contributed by atoms with Crippen LogP contribution in [0.1, 0.15) is 23.6 Å². The smallest absolute Gasteiger partial charge is 0.123 e. The molecule has 0 aliphatic carbocycles. The molecule has 1 nitrogen and oxygen atoms in total. The molecule has 0 bridgehead atoms. The van der Waals surface area contributed by atoms with Crippen LogP contribution in [0.5, 0.6) is 0 Å². The van der Waals surface area contributed by atoms with E-state index in [0.29, 0.717) is 16.6 Å². The minimum Gasteiger partial charge on any atom is -0.306 e. The summed E-state index contributed by atoms with van der Waals surface area (Å²) in [7, 11) is 0. The molecule has 1 aliphatic rings. The molecule has 0 fully saturated rings. The SMILES string of the molecule is Fc1ccc2c(c1)C(NCc1c(Cl)cccc1Cl)CCS2. The lowest BCUT2D eigenvalue weighted by Gasteiger charge is -2.26. The largest absolute Gasteiger partial charge is 0.306 e. The van der Waals surface area contributed by atoms with E-state index in [4.69, 9.17) is 23.2 Å². The van der Waals surface area contributed by atoms with Crippen LogP contribution in [0.15, 0.2) is 41.3 Å². The normalized spacial score (nSPS) is 17.6. The number of hydrogen-bond donors (Lipinski definition) is 1. The molecule has 1 atom stereocenters. The van der Waals surface area contributed by atoms with Gasteiger partial charge in [-0.25, -0.2) is 4.39 Å². The van der Waals surface area contributed by atoms with Gasteiger partial charge in [-0.1, -0.05) is 29.3 Å². The summed E-state index contributed by atoms with van der Waals surface area (Å²) < 4.78 is 13.5. The van der Waals surface area contributed by atoms with E-state index in [0.717, 1.165) is 28.2 Å². The Labute approximate surface area is 137 Å². The lowest BCUT2D eigenvalue weighted by atomic mass is 10.0. The quantitative estimate of drug-likeness (QED) is 0.795. The van der Waals surface area contributed by atoms with Crippen molar-refractivity contribution in [3.8, 4) is 0 Å². The van der Waals surface area contributed by atoms with Crippen LogP contribution in [0, 0.1) is 5.82 Å². The van der Waals surface area contributed by atoms with Crippen LogP contribution in [0.4, 0.5) is 4.39 Å². The highest BCUT2D eigenvalue weighted by Crippen LogP contribution is 2.37. The van der Waals surface area contributed by atoms with Gasteiger partial charge < -0.3 is 5.32 Å². The highest BCUT2D eigenvalue weighted by atomic mass is 35.5. The fourth-order valence-corrected chi connectivity index (χ4v) is 4.14. The van der Waals surface area contributed by atoms with Gasteiger partial charge in [0.05, 0.1) is 0 Å². The molecule has 0 spiro atoms. The fourth-order valence-electron chi connectivity index (χ4n) is 2.50. The Bertz CT molecular complexity index is 642. The van der Waals surface area contributed by atoms with Crippen molar-refractivity contribution in [2.45, 2.75) is 23.9 Å². The zero-order valence-electron chi connectivity index (χ0n) is 11.2. The number of halogens is 3. The first-order valence-corrected chi connectivity index (χ1v) is 8.48. The van der Waals surface area contributed by atoms with E-state index in [-0.39, 0.29) is 11.9 Å². The molecule has 3 rings (SSSR count). The van der Waals surface area contributed by atoms with Gasteiger partial charge in [-0.15, -0.1) is 11.8 Å². The lowest BCUT2D eigenvalue weighted by Crippen LogP contribution is -2.24. The third-order valence-electron chi connectivity index (χ3n) is 3.60. The molecule has 1 heterocycles. The molecule has 0 saturated carbocycles. The minimum atomic E-state index is -0.196. The topological polar surface area (TPSA) is 12.0 Å². The molecule has 0 aromatic heterocycles. The van der Waals surface area contributed by atoms with Gasteiger partial charge >= 0.3 is 0 Å². The summed E-state index contributed by atoms with van der Waals surface area (Å²) in [6.07, 6.45) is 0.961. The summed E-state index contributed by atoms with van der Waals surface area (Å²) in [4.78, 5) is 1.14. The first kappa shape index (κ1) is 15.2. The van der Waals surface area contributed by atoms with Gasteiger partial charge in [0.2, 0.25) is 0 Å². The van der Waals surface area contributed by atoms with Crippen LogP contribution in [0.2, 0.25) is 10.0 Å². The fraction of sp³-hybridized carbons (Fsp3) is 0.250. The van der Waals surface area contributed by atoms with Crippen molar-refractivity contribution in [3.05, 3.63) is 63.4 Å². The summed E-state index contributed by atoms with van der Waals surface area (Å²) in [5.74, 6) is 0.825. The van der Waals surface area contributed by atoms with Gasteiger partial charge in [-0.05, 0) is 48.1 Å². The molecular weight excluding hydrogens is 328 g/mol. The van der Waals surface area contributed by atoms with E-state index in [2.05, 4.69) is 5.32 Å². The maximum absolute atomic E-state index is 13.5. The van der Waals surface area contributed by atoms with Crippen molar-refractivity contribution in [1.29, 1.82) is 0 Å². The maximum Gasteiger partial charge on any atom is 0.123 e. The van der Waals surface area contributed by atoms with E-state index < -0.39 is 0 Å². The summed E-state index contributed by atoms with van der Waals surface area (Å²) in [6.45, 7) is 0.573. The lowest BCUT2D eigenvalue weighted by molar-refractivity contribution is 0.504. The molecule has 1 unspecified atom stereocenters. The summed E-state index contributed by atoms with van der Waals surface area (Å²) in [5, 5.41) is 4.76. The number of thioether (sulfide) groups is 1. The Kier molecular flexibility index (Phi) is 4.75. The molecule has 110 valence electrons. The Hall–Kier alpha value is -0.740. The van der Waals surface area contributed by atoms with Crippen molar-refractivity contribution in [2.24, 2.45) is 0 Å². The van der Waals surface area contributed by atoms with Gasteiger partial charge in [0.25, 0.3) is 0 Å². The van der Waals surface area contributed by atoms with Crippen LogP contribution in [-0.4, -0.2) is 5.75 Å². The highest BCUT2D eigenvalue weighted by molar-refractivity contribution is 7.99. The Balaban J connectivity index is 1.80. The Morgan fingerprint density at radius 2 is 1.95 bits per heavy atom. The van der Waals surface area contributed by atoms with Gasteiger partial charge in [0.1, 0.15) is 5.82 Å². The van der Waals surface area contributed by atoms with E-state index in [1.807, 2.05) is 24.3 Å². The minimum absolute atomic E-state index is 0.129. The molecule has 2 aromatic carbocycles. The summed E-state index contributed by atoms with van der Waals surface area (Å²) in [6, 6.07) is 10.6. The van der Waals surface area contributed by atoms with Gasteiger partial charge in [0, 0.05) is 33.1 Å². The molecule has 2 aromatic rings. The van der Waals surface area contributed by atoms with Crippen molar-refractivity contribution < 1.29 is 4.39 Å². The number of nitrogens with one attached hydrogen (secondary N) is 1. The number of fused-ring (bicyclic) bond motifs is 1. The van der Waals surface area contributed by atoms with E-state index >= 15 is 0 Å². The van der Waals surface area contributed by atoms with Crippen molar-refractivity contribution in [1.82, 2.24) is 5.32 Å². The van der Waals surface area contributed by atoms with Crippen LogP contribution < -0.4 is 5.32 Å². The van der Waals surface area contributed by atoms with E-state index in [1.165, 1.54) is 6.07 Å². The van der Waals surface area contributed by atoms with E-state index in [9.17, 15) is 4.39 Å². The molecule has 0 saturated heterocycles. The first-order chi connectivity index (χ1) is 10.1. The molecule has 1 N–H and O–H groups in total. The average Bonchev–Trinajstić information content (AvgIpc) is 2.47. The van der Waals surface area contributed by atoms with Gasteiger partial charge in [-0.3, -0.25) is 0 Å². The molecule has 0 radical (unpaired) electrons. The third kappa shape index (κ3) is 3.37. The maximum atomic E-state index is 13.5. The zero-order valence-corrected chi connectivity index (χ0v) is 13.5. The second kappa shape index (κ2) is 6.57. The molecule has 1 aliphatic heterocycles. The van der Waals surface area contributed by atoms with E-state index in [1.54, 1.807) is 17.8 Å². The average molecular weight is 342 g/mol. The Morgan fingerprint density at radius 1 is 1.19 bits per heavy atom. The summed E-state index contributed by atoms with van der Waals surface area (Å²) >= 11 is 14.1. The van der Waals surface area contributed by atoms with Crippen molar-refractivity contribution >= 4 is 35.0 Å². The predicted molar refractivity (Wildman–Crippen MR) is 87.8 cm³/mol. The second-order valence-corrected chi connectivity index (χ2v) is 6.90. The first-order valence-electron chi connectivity index (χ1n) is 6.73. The van der Waals surface area contributed by atoms with Crippen LogP contribution in [0.25, 0.3) is 0 Å². The van der Waals surface area contributed by atoms with Crippen LogP contribution in [-0.2, 0) is 6.54 Å². The van der Waals surface area contributed by atoms with Crippen molar-refractivity contribution in [2.75, 3.05) is 5.75 Å². The third-order valence-corrected chi connectivity index (χ3v) is 5.43. The van der Waals surface area contributed by atoms with Gasteiger partial charge in [0.15, 0.2) is 0 Å². The summed E-state index contributed by atoms with van der Waals surface area (Å²) in [5.41, 5.74) is 1.91. The zero-order chi connectivity index (χ0) is 14.8. The molecule has 5 heteroatoms. The molecular formula is C16H14Cl2FNS. The monoisotopic (exact) mass is 341 g/mol. The standard InChI is InChI=1S/C16H14Cl2FNS/c17-13-2-1-3-14(18)12(13)9-20-15-6-7-21-16-5-4-10(19)8-11(15)16/h1-5,8,15,20H,6-7,9H2. The molecule has 0 amide bonds. The number of hydrogen-bond acceptors (Lipinski definition) is 2.